The molecule has 6 heteroatoms. The number of aromatic nitrogens is 1. The van der Waals surface area contributed by atoms with E-state index in [9.17, 15) is 4.79 Å². The Hall–Kier alpha value is -1.04. The maximum absolute atomic E-state index is 11.0. The van der Waals surface area contributed by atoms with Gasteiger partial charge < -0.3 is 5.11 Å². The first kappa shape index (κ1) is 12.4. The summed E-state index contributed by atoms with van der Waals surface area (Å²) >= 11 is 8.72. The first-order valence-electron chi connectivity index (χ1n) is 4.72. The van der Waals surface area contributed by atoms with Gasteiger partial charge in [0.2, 0.25) is 0 Å². The number of carboxylic acid groups (broad SMARTS) is 1. The monoisotopic (exact) mass is 285 g/mol. The lowest BCUT2D eigenvalue weighted by atomic mass is 10.3. The molecule has 0 spiro atoms. The van der Waals surface area contributed by atoms with Crippen LogP contribution in [-0.4, -0.2) is 16.1 Å². The molecule has 17 heavy (non-hydrogen) atoms. The first-order chi connectivity index (χ1) is 8.16. The van der Waals surface area contributed by atoms with E-state index in [2.05, 4.69) is 4.98 Å². The van der Waals surface area contributed by atoms with Gasteiger partial charge in [0.25, 0.3) is 0 Å². The zero-order valence-electron chi connectivity index (χ0n) is 8.59. The van der Waals surface area contributed by atoms with E-state index in [1.807, 2.05) is 12.1 Å². The molecule has 0 unspecified atom stereocenters. The van der Waals surface area contributed by atoms with E-state index in [0.717, 1.165) is 9.21 Å². The largest absolute Gasteiger partial charge is 0.478 e. The second-order valence-electron chi connectivity index (χ2n) is 3.16. The van der Waals surface area contributed by atoms with Crippen LogP contribution in [0.3, 0.4) is 0 Å². The predicted molar refractivity (Wildman–Crippen MR) is 70.1 cm³/mol. The van der Waals surface area contributed by atoms with Gasteiger partial charge in [-0.25, -0.2) is 9.78 Å². The Balaban J connectivity index is 2.11. The summed E-state index contributed by atoms with van der Waals surface area (Å²) in [6.45, 7) is 0. The number of hydrogen-bond donors (Lipinski definition) is 1. The van der Waals surface area contributed by atoms with Gasteiger partial charge in [-0.05, 0) is 24.3 Å². The van der Waals surface area contributed by atoms with E-state index in [0.29, 0.717) is 10.8 Å². The molecule has 1 N–H and O–H groups in total. The Bertz CT molecular complexity index is 542. The normalized spacial score (nSPS) is 10.4. The zero-order chi connectivity index (χ0) is 12.3. The molecule has 2 aromatic rings. The van der Waals surface area contributed by atoms with Crippen molar-refractivity contribution in [1.82, 2.24) is 4.98 Å². The number of halogens is 1. The van der Waals surface area contributed by atoms with Crippen LogP contribution in [0.1, 0.15) is 15.2 Å². The Morgan fingerprint density at radius 2 is 2.29 bits per heavy atom. The van der Waals surface area contributed by atoms with Crippen molar-refractivity contribution in [3.63, 3.8) is 0 Å². The fourth-order valence-corrected chi connectivity index (χ4v) is 3.35. The summed E-state index contributed by atoms with van der Waals surface area (Å²) in [6, 6.07) is 6.94. The molecule has 2 heterocycles. The summed E-state index contributed by atoms with van der Waals surface area (Å²) in [5.41, 5.74) is 0.236. The Labute approximate surface area is 111 Å². The lowest BCUT2D eigenvalue weighted by molar-refractivity contribution is 0.0692. The highest BCUT2D eigenvalue weighted by molar-refractivity contribution is 7.98. The third kappa shape index (κ3) is 3.21. The SMILES string of the molecule is O=C(O)c1cccnc1SCc1ccc(Cl)s1. The van der Waals surface area contributed by atoms with Crippen LogP contribution in [0.5, 0.6) is 0 Å². The van der Waals surface area contributed by atoms with Crippen molar-refractivity contribution < 1.29 is 9.90 Å². The molecule has 3 nitrogen and oxygen atoms in total. The van der Waals surface area contributed by atoms with Crippen LogP contribution < -0.4 is 0 Å². The Morgan fingerprint density at radius 3 is 2.94 bits per heavy atom. The second-order valence-corrected chi connectivity index (χ2v) is 5.92. The fraction of sp³-hybridized carbons (Fsp3) is 0.0909. The highest BCUT2D eigenvalue weighted by Crippen LogP contribution is 2.29. The molecule has 0 aliphatic heterocycles. The minimum absolute atomic E-state index is 0.236. The number of thioether (sulfide) groups is 1. The number of aromatic carboxylic acids is 1. The van der Waals surface area contributed by atoms with Gasteiger partial charge >= 0.3 is 5.97 Å². The smallest absolute Gasteiger partial charge is 0.338 e. The minimum atomic E-state index is -0.954. The van der Waals surface area contributed by atoms with Gasteiger partial charge in [0.15, 0.2) is 0 Å². The first-order valence-corrected chi connectivity index (χ1v) is 6.90. The molecule has 0 saturated carbocycles. The molecule has 0 fully saturated rings. The number of rotatable bonds is 4. The van der Waals surface area contributed by atoms with E-state index in [4.69, 9.17) is 16.7 Å². The van der Waals surface area contributed by atoms with Crippen LogP contribution >= 0.6 is 34.7 Å². The third-order valence-electron chi connectivity index (χ3n) is 1.98. The molecule has 0 atom stereocenters. The van der Waals surface area contributed by atoms with E-state index < -0.39 is 5.97 Å². The maximum atomic E-state index is 11.0. The number of carboxylic acids is 1. The van der Waals surface area contributed by atoms with Crippen LogP contribution in [-0.2, 0) is 5.75 Å². The molecule has 2 aromatic heterocycles. The van der Waals surface area contributed by atoms with Crippen molar-refractivity contribution in [3.05, 3.63) is 45.2 Å². The van der Waals surface area contributed by atoms with Crippen molar-refractivity contribution in [1.29, 1.82) is 0 Å². The molecule has 0 radical (unpaired) electrons. The highest BCUT2D eigenvalue weighted by Gasteiger charge is 2.11. The average molecular weight is 286 g/mol. The molecule has 0 saturated heterocycles. The summed E-state index contributed by atoms with van der Waals surface area (Å²) in [4.78, 5) is 16.1. The number of thiophene rings is 1. The Morgan fingerprint density at radius 1 is 1.47 bits per heavy atom. The number of hydrogen-bond acceptors (Lipinski definition) is 4. The topological polar surface area (TPSA) is 50.2 Å². The fourth-order valence-electron chi connectivity index (χ4n) is 1.24. The summed E-state index contributed by atoms with van der Waals surface area (Å²) in [5, 5.41) is 9.53. The van der Waals surface area contributed by atoms with Crippen LogP contribution in [0, 0.1) is 0 Å². The molecule has 2 rings (SSSR count). The standard InChI is InChI=1S/C11H8ClNO2S2/c12-9-4-3-7(17-9)6-16-10-8(11(14)15)2-1-5-13-10/h1-5H,6H2,(H,14,15). The highest BCUT2D eigenvalue weighted by atomic mass is 35.5. The summed E-state index contributed by atoms with van der Waals surface area (Å²) < 4.78 is 0.736. The van der Waals surface area contributed by atoms with Crippen LogP contribution in [0.2, 0.25) is 4.34 Å². The summed E-state index contributed by atoms with van der Waals surface area (Å²) in [7, 11) is 0. The van der Waals surface area contributed by atoms with Gasteiger partial charge in [0.1, 0.15) is 5.03 Å². The van der Waals surface area contributed by atoms with Crippen molar-refractivity contribution in [2.24, 2.45) is 0 Å². The molecular formula is C11H8ClNO2S2. The molecule has 0 aliphatic carbocycles. The van der Waals surface area contributed by atoms with Crippen LogP contribution in [0.15, 0.2) is 35.5 Å². The van der Waals surface area contributed by atoms with E-state index >= 15 is 0 Å². The van der Waals surface area contributed by atoms with Crippen molar-refractivity contribution in [2.75, 3.05) is 0 Å². The van der Waals surface area contributed by atoms with Gasteiger partial charge in [0.05, 0.1) is 9.90 Å². The predicted octanol–water partition coefficient (Wildman–Crippen LogP) is 3.79. The van der Waals surface area contributed by atoms with Gasteiger partial charge in [-0.2, -0.15) is 0 Å². The molecular weight excluding hydrogens is 278 g/mol. The number of nitrogens with zero attached hydrogens (tertiary/aromatic N) is 1. The summed E-state index contributed by atoms with van der Waals surface area (Å²) in [6.07, 6.45) is 1.59. The molecule has 0 bridgehead atoms. The second kappa shape index (κ2) is 5.53. The lowest BCUT2D eigenvalue weighted by Gasteiger charge is -2.02. The van der Waals surface area contributed by atoms with Crippen molar-refractivity contribution >= 4 is 40.7 Å². The number of carbonyl (C=O) groups is 1. The summed E-state index contributed by atoms with van der Waals surface area (Å²) in [5.74, 6) is -0.279. The third-order valence-corrected chi connectivity index (χ3v) is 4.45. The van der Waals surface area contributed by atoms with E-state index in [1.165, 1.54) is 23.1 Å². The van der Waals surface area contributed by atoms with Gasteiger partial charge in [-0.1, -0.05) is 23.4 Å². The zero-order valence-corrected chi connectivity index (χ0v) is 11.0. The van der Waals surface area contributed by atoms with Crippen molar-refractivity contribution in [3.8, 4) is 0 Å². The van der Waals surface area contributed by atoms with Crippen LogP contribution in [0.4, 0.5) is 0 Å². The Kier molecular flexibility index (Phi) is 4.04. The molecule has 0 aromatic carbocycles. The minimum Gasteiger partial charge on any atom is -0.478 e. The van der Waals surface area contributed by atoms with Gasteiger partial charge in [-0.15, -0.1) is 11.3 Å². The van der Waals surface area contributed by atoms with E-state index in [-0.39, 0.29) is 5.56 Å². The quantitative estimate of drug-likeness (QED) is 0.869. The van der Waals surface area contributed by atoms with Gasteiger partial charge in [-0.3, -0.25) is 0 Å². The number of pyridine rings is 1. The molecule has 0 aliphatic rings. The van der Waals surface area contributed by atoms with Crippen molar-refractivity contribution in [2.45, 2.75) is 10.8 Å². The van der Waals surface area contributed by atoms with Gasteiger partial charge in [0, 0.05) is 16.8 Å². The molecule has 0 amide bonds. The molecule has 88 valence electrons. The lowest BCUT2D eigenvalue weighted by Crippen LogP contribution is -2.00. The average Bonchev–Trinajstić information content (AvgIpc) is 2.73. The van der Waals surface area contributed by atoms with E-state index in [1.54, 1.807) is 18.3 Å². The maximum Gasteiger partial charge on any atom is 0.338 e. The van der Waals surface area contributed by atoms with Crippen LogP contribution in [0.25, 0.3) is 0 Å².